The van der Waals surface area contributed by atoms with Gasteiger partial charge in [-0.15, -0.1) is 0 Å². The highest BCUT2D eigenvalue weighted by atomic mass is 16.6. The predicted octanol–water partition coefficient (Wildman–Crippen LogP) is 10.4. The maximum Gasteiger partial charge on any atom is 0.306 e. The number of hydrogen-bond acceptors (Lipinski definition) is 5. The lowest BCUT2D eigenvalue weighted by molar-refractivity contribution is -0.163. The van der Waals surface area contributed by atoms with Crippen LogP contribution in [0.2, 0.25) is 0 Å². The van der Waals surface area contributed by atoms with Crippen molar-refractivity contribution in [1.29, 1.82) is 0 Å². The first-order valence-electron chi connectivity index (χ1n) is 17.2. The molecule has 236 valence electrons. The summed E-state index contributed by atoms with van der Waals surface area (Å²) in [5.74, 6) is -0.420. The molecule has 0 aromatic heterocycles. The van der Waals surface area contributed by atoms with Gasteiger partial charge in [-0.1, -0.05) is 136 Å². The maximum atomic E-state index is 12.4. The van der Waals surface area contributed by atoms with E-state index in [-0.39, 0.29) is 25.2 Å². The Kier molecular flexibility index (Phi) is 31.1. The molecule has 0 aliphatic carbocycles. The number of ether oxygens (including phenoxy) is 3. The lowest BCUT2D eigenvalue weighted by Crippen LogP contribution is -2.30. The predicted molar refractivity (Wildman–Crippen MR) is 169 cm³/mol. The van der Waals surface area contributed by atoms with Crippen LogP contribution in [0.1, 0.15) is 175 Å². The van der Waals surface area contributed by atoms with Gasteiger partial charge < -0.3 is 14.2 Å². The van der Waals surface area contributed by atoms with Gasteiger partial charge in [0, 0.05) is 19.4 Å². The van der Waals surface area contributed by atoms with Crippen LogP contribution < -0.4 is 0 Å². The van der Waals surface area contributed by atoms with Crippen molar-refractivity contribution in [3.8, 4) is 0 Å². The minimum atomic E-state index is -0.522. The SMILES string of the molecule is CCCC/C=C\CCCCCCCC(=O)OCC(COCCCCCCCCCC)OC(=O)CCCCCCC. The molecule has 0 fully saturated rings. The fourth-order valence-electron chi connectivity index (χ4n) is 4.66. The average molecular weight is 567 g/mol. The lowest BCUT2D eigenvalue weighted by Gasteiger charge is -2.18. The van der Waals surface area contributed by atoms with Crippen molar-refractivity contribution in [2.75, 3.05) is 19.8 Å². The van der Waals surface area contributed by atoms with Gasteiger partial charge in [0.15, 0.2) is 6.10 Å². The molecule has 1 unspecified atom stereocenters. The third-order valence-corrected chi connectivity index (χ3v) is 7.30. The number of allylic oxidation sites excluding steroid dienone is 2. The third kappa shape index (κ3) is 29.6. The number of rotatable bonds is 31. The van der Waals surface area contributed by atoms with Crippen molar-refractivity contribution in [3.63, 3.8) is 0 Å². The fraction of sp³-hybridized carbons (Fsp3) is 0.886. The normalized spacial score (nSPS) is 12.2. The molecule has 0 aliphatic heterocycles. The second kappa shape index (κ2) is 32.2. The van der Waals surface area contributed by atoms with Gasteiger partial charge >= 0.3 is 11.9 Å². The van der Waals surface area contributed by atoms with Crippen molar-refractivity contribution in [2.24, 2.45) is 0 Å². The first kappa shape index (κ1) is 38.6. The van der Waals surface area contributed by atoms with Gasteiger partial charge in [-0.2, -0.15) is 0 Å². The summed E-state index contributed by atoms with van der Waals surface area (Å²) in [6, 6.07) is 0. The van der Waals surface area contributed by atoms with Gasteiger partial charge in [0.25, 0.3) is 0 Å². The summed E-state index contributed by atoms with van der Waals surface area (Å²) in [7, 11) is 0. The number of unbranched alkanes of at least 4 members (excludes halogenated alkanes) is 18. The van der Waals surface area contributed by atoms with Crippen molar-refractivity contribution in [1.82, 2.24) is 0 Å². The highest BCUT2D eigenvalue weighted by Crippen LogP contribution is 2.12. The second-order valence-electron chi connectivity index (χ2n) is 11.4. The lowest BCUT2D eigenvalue weighted by atomic mass is 10.1. The van der Waals surface area contributed by atoms with Gasteiger partial charge in [-0.25, -0.2) is 0 Å². The standard InChI is InChI=1S/C35H66O5/c1-4-7-10-13-15-17-18-19-20-23-25-28-34(36)39-32-33(40-35(37)29-26-22-12-9-6-3)31-38-30-27-24-21-16-14-11-8-5-2/h13,15,33H,4-12,14,16-32H2,1-3H3/b15-13-. The van der Waals surface area contributed by atoms with Crippen molar-refractivity contribution >= 4 is 11.9 Å². The third-order valence-electron chi connectivity index (χ3n) is 7.30. The zero-order valence-electron chi connectivity index (χ0n) is 26.9. The molecule has 0 radical (unpaired) electrons. The van der Waals surface area contributed by atoms with Gasteiger partial charge in [-0.05, 0) is 38.5 Å². The number of esters is 2. The van der Waals surface area contributed by atoms with Crippen molar-refractivity contribution < 1.29 is 23.8 Å². The number of carbonyl (C=O) groups is 2. The summed E-state index contributed by atoms with van der Waals surface area (Å²) in [4.78, 5) is 24.7. The van der Waals surface area contributed by atoms with Crippen LogP contribution in [0.25, 0.3) is 0 Å². The summed E-state index contributed by atoms with van der Waals surface area (Å²) in [6.45, 7) is 7.68. The van der Waals surface area contributed by atoms with Crippen molar-refractivity contribution in [3.05, 3.63) is 12.2 Å². The van der Waals surface area contributed by atoms with E-state index in [0.29, 0.717) is 19.4 Å². The van der Waals surface area contributed by atoms with E-state index in [4.69, 9.17) is 14.2 Å². The summed E-state index contributed by atoms with van der Waals surface area (Å²) >= 11 is 0. The average Bonchev–Trinajstić information content (AvgIpc) is 2.95. The van der Waals surface area contributed by atoms with Crippen LogP contribution in [-0.4, -0.2) is 37.9 Å². The van der Waals surface area contributed by atoms with Crippen LogP contribution >= 0.6 is 0 Å². The van der Waals surface area contributed by atoms with E-state index >= 15 is 0 Å². The fourth-order valence-corrected chi connectivity index (χ4v) is 4.66. The topological polar surface area (TPSA) is 61.8 Å². The van der Waals surface area contributed by atoms with E-state index in [2.05, 4.69) is 32.9 Å². The van der Waals surface area contributed by atoms with Crippen LogP contribution in [-0.2, 0) is 23.8 Å². The van der Waals surface area contributed by atoms with E-state index in [1.54, 1.807) is 0 Å². The largest absolute Gasteiger partial charge is 0.462 e. The summed E-state index contributed by atoms with van der Waals surface area (Å²) in [6.07, 6.45) is 30.8. The van der Waals surface area contributed by atoms with E-state index in [1.807, 2.05) is 0 Å². The minimum Gasteiger partial charge on any atom is -0.462 e. The first-order valence-corrected chi connectivity index (χ1v) is 17.2. The van der Waals surface area contributed by atoms with E-state index in [0.717, 1.165) is 51.4 Å². The van der Waals surface area contributed by atoms with Gasteiger partial charge in [0.1, 0.15) is 6.61 Å². The van der Waals surface area contributed by atoms with E-state index in [9.17, 15) is 9.59 Å². The molecule has 0 spiro atoms. The molecule has 0 bridgehead atoms. The minimum absolute atomic E-state index is 0.0855. The van der Waals surface area contributed by atoms with Crippen LogP contribution in [0.4, 0.5) is 0 Å². The molecule has 0 saturated heterocycles. The van der Waals surface area contributed by atoms with Crippen LogP contribution in [0.3, 0.4) is 0 Å². The molecule has 0 heterocycles. The Balaban J connectivity index is 4.14. The zero-order valence-corrected chi connectivity index (χ0v) is 26.9. The molecule has 0 rings (SSSR count). The molecular weight excluding hydrogens is 500 g/mol. The molecule has 0 N–H and O–H groups in total. The Hall–Kier alpha value is -1.36. The molecule has 5 heteroatoms. The van der Waals surface area contributed by atoms with E-state index in [1.165, 1.54) is 89.9 Å². The molecule has 0 aliphatic rings. The smallest absolute Gasteiger partial charge is 0.306 e. The molecule has 0 amide bonds. The van der Waals surface area contributed by atoms with Gasteiger partial charge in [0.05, 0.1) is 6.61 Å². The molecule has 40 heavy (non-hydrogen) atoms. The van der Waals surface area contributed by atoms with Gasteiger partial charge in [0.2, 0.25) is 0 Å². The molecule has 0 saturated carbocycles. The Bertz CT molecular complexity index is 574. The highest BCUT2D eigenvalue weighted by Gasteiger charge is 2.17. The Morgan fingerprint density at radius 2 is 1.00 bits per heavy atom. The molecule has 1 atom stereocenters. The molecule has 0 aromatic rings. The monoisotopic (exact) mass is 566 g/mol. The molecule has 5 nitrogen and oxygen atoms in total. The van der Waals surface area contributed by atoms with Crippen LogP contribution in [0.5, 0.6) is 0 Å². The second-order valence-corrected chi connectivity index (χ2v) is 11.4. The van der Waals surface area contributed by atoms with Gasteiger partial charge in [-0.3, -0.25) is 9.59 Å². The summed E-state index contributed by atoms with van der Waals surface area (Å²) < 4.78 is 17.0. The van der Waals surface area contributed by atoms with E-state index < -0.39 is 6.10 Å². The summed E-state index contributed by atoms with van der Waals surface area (Å²) in [5, 5.41) is 0. The molecular formula is C35H66O5. The number of carbonyl (C=O) groups excluding carboxylic acids is 2. The Morgan fingerprint density at radius 3 is 1.60 bits per heavy atom. The van der Waals surface area contributed by atoms with Crippen LogP contribution in [0.15, 0.2) is 12.2 Å². The summed E-state index contributed by atoms with van der Waals surface area (Å²) in [5.41, 5.74) is 0. The first-order chi connectivity index (χ1) is 19.6. The zero-order chi connectivity index (χ0) is 29.4. The Morgan fingerprint density at radius 1 is 0.525 bits per heavy atom. The highest BCUT2D eigenvalue weighted by molar-refractivity contribution is 5.70. The quantitative estimate of drug-likeness (QED) is 0.0474. The number of hydrogen-bond donors (Lipinski definition) is 0. The Labute approximate surface area is 248 Å². The maximum absolute atomic E-state index is 12.4. The van der Waals surface area contributed by atoms with Crippen LogP contribution in [0, 0.1) is 0 Å². The van der Waals surface area contributed by atoms with Crippen molar-refractivity contribution in [2.45, 2.75) is 181 Å². The molecule has 0 aromatic carbocycles.